The standard InChI is InChI=1S/C15H20N2O4/c1-3-4-9-16-15(20)11-7-5-6-8-12(11)17-13(18)10-14(19)21-2/h5-8H,3-4,9-10H2,1-2H3,(H,16,20)(H,17,18). The topological polar surface area (TPSA) is 84.5 Å². The molecule has 0 heterocycles. The molecule has 1 aromatic carbocycles. The van der Waals surface area contributed by atoms with Crippen molar-refractivity contribution in [1.29, 1.82) is 0 Å². The Morgan fingerprint density at radius 3 is 2.57 bits per heavy atom. The normalized spacial score (nSPS) is 9.81. The van der Waals surface area contributed by atoms with Crippen molar-refractivity contribution >= 4 is 23.5 Å². The van der Waals surface area contributed by atoms with Crippen LogP contribution in [0.1, 0.15) is 36.5 Å². The van der Waals surface area contributed by atoms with Crippen LogP contribution in [0.5, 0.6) is 0 Å². The van der Waals surface area contributed by atoms with Crippen molar-refractivity contribution in [1.82, 2.24) is 5.32 Å². The van der Waals surface area contributed by atoms with Gasteiger partial charge in [0, 0.05) is 6.54 Å². The van der Waals surface area contributed by atoms with E-state index in [-0.39, 0.29) is 12.3 Å². The molecule has 1 rings (SSSR count). The first-order valence-electron chi connectivity index (χ1n) is 6.82. The number of carbonyl (C=O) groups excluding carboxylic acids is 3. The number of unbranched alkanes of at least 4 members (excludes halogenated alkanes) is 1. The van der Waals surface area contributed by atoms with Gasteiger partial charge in [0.2, 0.25) is 5.91 Å². The predicted molar refractivity (Wildman–Crippen MR) is 78.9 cm³/mol. The van der Waals surface area contributed by atoms with E-state index in [1.165, 1.54) is 7.11 Å². The molecular weight excluding hydrogens is 272 g/mol. The van der Waals surface area contributed by atoms with Crippen molar-refractivity contribution in [3.63, 3.8) is 0 Å². The molecule has 2 amide bonds. The summed E-state index contributed by atoms with van der Waals surface area (Å²) in [5, 5.41) is 5.33. The third-order valence-corrected chi connectivity index (χ3v) is 2.79. The van der Waals surface area contributed by atoms with Crippen LogP contribution < -0.4 is 10.6 Å². The Morgan fingerprint density at radius 2 is 1.90 bits per heavy atom. The fourth-order valence-electron chi connectivity index (χ4n) is 1.66. The summed E-state index contributed by atoms with van der Waals surface area (Å²) in [5.41, 5.74) is 0.743. The number of hydrogen-bond donors (Lipinski definition) is 2. The molecule has 0 bridgehead atoms. The number of ether oxygens (including phenoxy) is 1. The number of carbonyl (C=O) groups is 3. The van der Waals surface area contributed by atoms with Gasteiger partial charge < -0.3 is 15.4 Å². The highest BCUT2D eigenvalue weighted by molar-refractivity contribution is 6.07. The van der Waals surface area contributed by atoms with Gasteiger partial charge in [0.25, 0.3) is 5.91 Å². The monoisotopic (exact) mass is 292 g/mol. The molecule has 6 heteroatoms. The van der Waals surface area contributed by atoms with E-state index in [2.05, 4.69) is 15.4 Å². The minimum Gasteiger partial charge on any atom is -0.469 e. The number of methoxy groups -OCH3 is 1. The van der Waals surface area contributed by atoms with Crippen LogP contribution in [0.15, 0.2) is 24.3 Å². The number of esters is 1. The van der Waals surface area contributed by atoms with Crippen LogP contribution >= 0.6 is 0 Å². The van der Waals surface area contributed by atoms with Gasteiger partial charge in [-0.3, -0.25) is 14.4 Å². The Morgan fingerprint density at radius 1 is 1.19 bits per heavy atom. The molecule has 0 aromatic heterocycles. The third-order valence-electron chi connectivity index (χ3n) is 2.79. The number of amides is 2. The average Bonchev–Trinajstić information content (AvgIpc) is 2.47. The molecule has 1 aromatic rings. The number of para-hydroxylation sites is 1. The fourth-order valence-corrected chi connectivity index (χ4v) is 1.66. The Hall–Kier alpha value is -2.37. The van der Waals surface area contributed by atoms with Crippen LogP contribution in [-0.4, -0.2) is 31.4 Å². The lowest BCUT2D eigenvalue weighted by molar-refractivity contribution is -0.142. The molecule has 6 nitrogen and oxygen atoms in total. The van der Waals surface area contributed by atoms with Crippen molar-refractivity contribution in [2.24, 2.45) is 0 Å². The summed E-state index contributed by atoms with van der Waals surface area (Å²) in [6, 6.07) is 6.65. The Balaban J connectivity index is 2.72. The number of rotatable bonds is 7. The summed E-state index contributed by atoms with van der Waals surface area (Å²) >= 11 is 0. The molecule has 0 saturated heterocycles. The Labute approximate surface area is 123 Å². The van der Waals surface area contributed by atoms with Gasteiger partial charge in [-0.05, 0) is 18.6 Å². The summed E-state index contributed by atoms with van der Waals surface area (Å²) < 4.78 is 4.42. The molecule has 0 radical (unpaired) electrons. The Kier molecular flexibility index (Phi) is 6.94. The lowest BCUT2D eigenvalue weighted by Gasteiger charge is -2.11. The van der Waals surface area contributed by atoms with E-state index in [1.54, 1.807) is 24.3 Å². The number of nitrogens with one attached hydrogen (secondary N) is 2. The first kappa shape index (κ1) is 16.7. The zero-order valence-electron chi connectivity index (χ0n) is 12.3. The van der Waals surface area contributed by atoms with Crippen LogP contribution in [0.25, 0.3) is 0 Å². The first-order chi connectivity index (χ1) is 10.1. The van der Waals surface area contributed by atoms with Crippen LogP contribution in [0, 0.1) is 0 Å². The highest BCUT2D eigenvalue weighted by Gasteiger charge is 2.14. The summed E-state index contributed by atoms with van der Waals surface area (Å²) in [5.74, 6) is -1.40. The van der Waals surface area contributed by atoms with Gasteiger partial charge in [0.1, 0.15) is 6.42 Å². The molecular formula is C15H20N2O4. The van der Waals surface area contributed by atoms with E-state index in [0.29, 0.717) is 17.8 Å². The summed E-state index contributed by atoms with van der Waals surface area (Å²) in [7, 11) is 1.21. The molecule has 0 unspecified atom stereocenters. The molecule has 0 aliphatic rings. The SMILES string of the molecule is CCCCNC(=O)c1ccccc1NC(=O)CC(=O)OC. The van der Waals surface area contributed by atoms with E-state index in [9.17, 15) is 14.4 Å². The fraction of sp³-hybridized carbons (Fsp3) is 0.400. The number of benzene rings is 1. The molecule has 21 heavy (non-hydrogen) atoms. The second-order valence-corrected chi connectivity index (χ2v) is 4.46. The molecule has 114 valence electrons. The molecule has 0 atom stereocenters. The molecule has 0 saturated carbocycles. The van der Waals surface area contributed by atoms with Crippen LogP contribution in [0.4, 0.5) is 5.69 Å². The van der Waals surface area contributed by atoms with E-state index in [1.807, 2.05) is 6.92 Å². The predicted octanol–water partition coefficient (Wildman–Crippen LogP) is 1.72. The van der Waals surface area contributed by atoms with Crippen LogP contribution in [0.2, 0.25) is 0 Å². The zero-order chi connectivity index (χ0) is 15.7. The van der Waals surface area contributed by atoms with Crippen molar-refractivity contribution < 1.29 is 19.1 Å². The van der Waals surface area contributed by atoms with Gasteiger partial charge in [-0.25, -0.2) is 0 Å². The highest BCUT2D eigenvalue weighted by atomic mass is 16.5. The average molecular weight is 292 g/mol. The summed E-state index contributed by atoms with van der Waals surface area (Å²) in [6.45, 7) is 2.62. The minimum atomic E-state index is -0.627. The van der Waals surface area contributed by atoms with Crippen molar-refractivity contribution in [2.75, 3.05) is 19.0 Å². The maximum absolute atomic E-state index is 12.0. The lowest BCUT2D eigenvalue weighted by atomic mass is 10.1. The third kappa shape index (κ3) is 5.64. The number of anilines is 1. The van der Waals surface area contributed by atoms with Gasteiger partial charge in [0.15, 0.2) is 0 Å². The van der Waals surface area contributed by atoms with Gasteiger partial charge in [0.05, 0.1) is 18.4 Å². The quantitative estimate of drug-likeness (QED) is 0.455. The molecule has 0 aliphatic carbocycles. The summed E-state index contributed by atoms with van der Waals surface area (Å²) in [6.07, 6.45) is 1.49. The van der Waals surface area contributed by atoms with Crippen molar-refractivity contribution in [3.8, 4) is 0 Å². The van der Waals surface area contributed by atoms with E-state index in [4.69, 9.17) is 0 Å². The summed E-state index contributed by atoms with van der Waals surface area (Å²) in [4.78, 5) is 34.8. The van der Waals surface area contributed by atoms with Gasteiger partial charge in [-0.15, -0.1) is 0 Å². The lowest BCUT2D eigenvalue weighted by Crippen LogP contribution is -2.26. The first-order valence-corrected chi connectivity index (χ1v) is 6.82. The Bertz CT molecular complexity index is 514. The minimum absolute atomic E-state index is 0.252. The smallest absolute Gasteiger partial charge is 0.315 e. The van der Waals surface area contributed by atoms with Crippen LogP contribution in [-0.2, 0) is 14.3 Å². The van der Waals surface area contributed by atoms with Gasteiger partial charge in [-0.1, -0.05) is 25.5 Å². The van der Waals surface area contributed by atoms with E-state index >= 15 is 0 Å². The largest absolute Gasteiger partial charge is 0.469 e. The van der Waals surface area contributed by atoms with Crippen molar-refractivity contribution in [3.05, 3.63) is 29.8 Å². The zero-order valence-corrected chi connectivity index (χ0v) is 12.3. The maximum Gasteiger partial charge on any atom is 0.315 e. The van der Waals surface area contributed by atoms with Gasteiger partial charge >= 0.3 is 5.97 Å². The van der Waals surface area contributed by atoms with Crippen LogP contribution in [0.3, 0.4) is 0 Å². The highest BCUT2D eigenvalue weighted by Crippen LogP contribution is 2.15. The van der Waals surface area contributed by atoms with E-state index in [0.717, 1.165) is 12.8 Å². The second kappa shape index (κ2) is 8.73. The number of hydrogen-bond acceptors (Lipinski definition) is 4. The molecule has 0 aliphatic heterocycles. The maximum atomic E-state index is 12.0. The van der Waals surface area contributed by atoms with Crippen molar-refractivity contribution in [2.45, 2.75) is 26.2 Å². The molecule has 0 spiro atoms. The van der Waals surface area contributed by atoms with Gasteiger partial charge in [-0.2, -0.15) is 0 Å². The van der Waals surface area contributed by atoms with E-state index < -0.39 is 11.9 Å². The molecule has 0 fully saturated rings. The molecule has 2 N–H and O–H groups in total. The second-order valence-electron chi connectivity index (χ2n) is 4.46.